The zero-order valence-electron chi connectivity index (χ0n) is 17.1. The molecular formula is C21H28Cl2N4O3. The Kier molecular flexibility index (Phi) is 7.83. The fourth-order valence-electron chi connectivity index (χ4n) is 3.93. The van der Waals surface area contributed by atoms with Crippen LogP contribution in [-0.4, -0.2) is 65.9 Å². The van der Waals surface area contributed by atoms with Gasteiger partial charge in [-0.05, 0) is 31.9 Å². The Morgan fingerprint density at radius 3 is 2.30 bits per heavy atom. The molecule has 30 heavy (non-hydrogen) atoms. The van der Waals surface area contributed by atoms with Gasteiger partial charge in [0.15, 0.2) is 0 Å². The maximum Gasteiger partial charge on any atom is 0.317 e. The molecule has 0 aromatic heterocycles. The first-order valence-corrected chi connectivity index (χ1v) is 11.2. The van der Waals surface area contributed by atoms with Gasteiger partial charge in [-0.2, -0.15) is 0 Å². The van der Waals surface area contributed by atoms with E-state index in [1.54, 1.807) is 34.9 Å². The van der Waals surface area contributed by atoms with E-state index in [-0.39, 0.29) is 33.6 Å². The van der Waals surface area contributed by atoms with Crippen molar-refractivity contribution in [2.45, 2.75) is 51.1 Å². The van der Waals surface area contributed by atoms with Crippen molar-refractivity contribution in [3.8, 4) is 0 Å². The fourth-order valence-corrected chi connectivity index (χ4v) is 4.32. The molecular weight excluding hydrogens is 427 g/mol. The fraction of sp³-hybridized carbons (Fsp3) is 0.571. The summed E-state index contributed by atoms with van der Waals surface area (Å²) in [6.07, 6.45) is 5.65. The molecule has 0 spiro atoms. The molecule has 1 aromatic rings. The first kappa shape index (κ1) is 22.7. The van der Waals surface area contributed by atoms with Crippen LogP contribution in [0.1, 0.15) is 49.4 Å². The lowest BCUT2D eigenvalue weighted by Gasteiger charge is -2.37. The Labute approximate surface area is 187 Å². The Balaban J connectivity index is 1.47. The van der Waals surface area contributed by atoms with Crippen LogP contribution < -0.4 is 10.6 Å². The molecule has 4 amide bonds. The minimum atomic E-state index is -0.713. The molecule has 1 atom stereocenters. The first-order chi connectivity index (χ1) is 14.4. The standard InChI is InChI=1S/C21H28Cl2N4O3/c1-14(24-19(28)16-8-5-9-17(22)18(16)23)20(29)26-10-12-27(13-11-26)21(30)25-15-6-3-2-4-7-15/h5,8-9,14-15H,2-4,6-7,10-13H2,1H3,(H,24,28)(H,25,30). The molecule has 3 rings (SSSR count). The number of nitrogens with one attached hydrogen (secondary N) is 2. The molecule has 1 saturated carbocycles. The third-order valence-corrected chi connectivity index (χ3v) is 6.54. The van der Waals surface area contributed by atoms with Crippen LogP contribution in [0.3, 0.4) is 0 Å². The van der Waals surface area contributed by atoms with Gasteiger partial charge in [0.2, 0.25) is 5.91 Å². The van der Waals surface area contributed by atoms with Crippen LogP contribution in [0.15, 0.2) is 18.2 Å². The van der Waals surface area contributed by atoms with Crippen molar-refractivity contribution in [2.24, 2.45) is 0 Å². The minimum absolute atomic E-state index is 0.0500. The number of rotatable bonds is 4. The summed E-state index contributed by atoms with van der Waals surface area (Å²) in [7, 11) is 0. The van der Waals surface area contributed by atoms with Crippen molar-refractivity contribution < 1.29 is 14.4 Å². The number of hydrogen-bond donors (Lipinski definition) is 2. The summed E-state index contributed by atoms with van der Waals surface area (Å²) in [5.41, 5.74) is 0.230. The zero-order valence-corrected chi connectivity index (χ0v) is 18.6. The van der Waals surface area contributed by atoms with Crippen LogP contribution in [0, 0.1) is 0 Å². The van der Waals surface area contributed by atoms with Gasteiger partial charge in [-0.1, -0.05) is 48.5 Å². The number of piperazine rings is 1. The summed E-state index contributed by atoms with van der Waals surface area (Å²) in [4.78, 5) is 41.1. The molecule has 1 heterocycles. The zero-order chi connectivity index (χ0) is 21.7. The highest BCUT2D eigenvalue weighted by atomic mass is 35.5. The van der Waals surface area contributed by atoms with E-state index >= 15 is 0 Å². The first-order valence-electron chi connectivity index (χ1n) is 10.5. The average Bonchev–Trinajstić information content (AvgIpc) is 2.75. The van der Waals surface area contributed by atoms with E-state index in [1.807, 2.05) is 0 Å². The quantitative estimate of drug-likeness (QED) is 0.731. The largest absolute Gasteiger partial charge is 0.340 e. The molecule has 1 unspecified atom stereocenters. The molecule has 7 nitrogen and oxygen atoms in total. The predicted octanol–water partition coefficient (Wildman–Crippen LogP) is 3.30. The van der Waals surface area contributed by atoms with Gasteiger partial charge in [-0.25, -0.2) is 4.79 Å². The number of amides is 4. The molecule has 0 bridgehead atoms. The summed E-state index contributed by atoms with van der Waals surface area (Å²) in [5.74, 6) is -0.636. The van der Waals surface area contributed by atoms with Crippen LogP contribution in [0.5, 0.6) is 0 Å². The molecule has 0 radical (unpaired) electrons. The van der Waals surface area contributed by atoms with Gasteiger partial charge in [-0.15, -0.1) is 0 Å². The van der Waals surface area contributed by atoms with Crippen LogP contribution in [0.4, 0.5) is 4.79 Å². The summed E-state index contributed by atoms with van der Waals surface area (Å²) in [6.45, 7) is 3.47. The second-order valence-corrected chi connectivity index (χ2v) is 8.68. The molecule has 2 aliphatic rings. The molecule has 2 fully saturated rings. The van der Waals surface area contributed by atoms with Crippen molar-refractivity contribution in [3.05, 3.63) is 33.8 Å². The van der Waals surface area contributed by atoms with Gasteiger partial charge in [0.05, 0.1) is 15.6 Å². The number of halogens is 2. The van der Waals surface area contributed by atoms with Crippen molar-refractivity contribution in [1.82, 2.24) is 20.4 Å². The van der Waals surface area contributed by atoms with Gasteiger partial charge >= 0.3 is 6.03 Å². The van der Waals surface area contributed by atoms with Gasteiger partial charge < -0.3 is 20.4 Å². The van der Waals surface area contributed by atoms with E-state index in [9.17, 15) is 14.4 Å². The predicted molar refractivity (Wildman–Crippen MR) is 117 cm³/mol. The van der Waals surface area contributed by atoms with E-state index in [0.717, 1.165) is 25.7 Å². The van der Waals surface area contributed by atoms with Crippen molar-refractivity contribution in [3.63, 3.8) is 0 Å². The van der Waals surface area contributed by atoms with Gasteiger partial charge in [0.25, 0.3) is 5.91 Å². The van der Waals surface area contributed by atoms with E-state index in [0.29, 0.717) is 26.2 Å². The number of hydrogen-bond acceptors (Lipinski definition) is 3. The Morgan fingerprint density at radius 1 is 1.00 bits per heavy atom. The van der Waals surface area contributed by atoms with Gasteiger partial charge in [0.1, 0.15) is 6.04 Å². The smallest absolute Gasteiger partial charge is 0.317 e. The second-order valence-electron chi connectivity index (χ2n) is 7.89. The van der Waals surface area contributed by atoms with Crippen LogP contribution >= 0.6 is 23.2 Å². The Bertz CT molecular complexity index is 790. The van der Waals surface area contributed by atoms with E-state index in [2.05, 4.69) is 10.6 Å². The molecule has 164 valence electrons. The SMILES string of the molecule is CC(NC(=O)c1cccc(Cl)c1Cl)C(=O)N1CCN(C(=O)NC2CCCCC2)CC1. The molecule has 1 aliphatic carbocycles. The maximum absolute atomic E-state index is 12.7. The van der Waals surface area contributed by atoms with E-state index in [4.69, 9.17) is 23.2 Å². The van der Waals surface area contributed by atoms with Crippen molar-refractivity contribution >= 4 is 41.0 Å². The monoisotopic (exact) mass is 454 g/mol. The normalized spacial score (nSPS) is 18.6. The van der Waals surface area contributed by atoms with Crippen LogP contribution in [-0.2, 0) is 4.79 Å². The van der Waals surface area contributed by atoms with E-state index < -0.39 is 11.9 Å². The highest BCUT2D eigenvalue weighted by molar-refractivity contribution is 6.43. The van der Waals surface area contributed by atoms with Crippen molar-refractivity contribution in [1.29, 1.82) is 0 Å². The lowest BCUT2D eigenvalue weighted by Crippen LogP contribution is -2.57. The average molecular weight is 455 g/mol. The molecule has 9 heteroatoms. The molecule has 2 N–H and O–H groups in total. The van der Waals surface area contributed by atoms with E-state index in [1.165, 1.54) is 6.42 Å². The van der Waals surface area contributed by atoms with Crippen molar-refractivity contribution in [2.75, 3.05) is 26.2 Å². The lowest BCUT2D eigenvalue weighted by molar-refractivity contribution is -0.134. The highest BCUT2D eigenvalue weighted by Gasteiger charge is 2.29. The van der Waals surface area contributed by atoms with Gasteiger partial charge in [-0.3, -0.25) is 9.59 Å². The summed E-state index contributed by atoms with van der Waals surface area (Å²) < 4.78 is 0. The molecule has 1 saturated heterocycles. The Morgan fingerprint density at radius 2 is 1.63 bits per heavy atom. The third kappa shape index (κ3) is 5.58. The third-order valence-electron chi connectivity index (χ3n) is 5.73. The number of urea groups is 1. The number of benzene rings is 1. The molecule has 1 aromatic carbocycles. The molecule has 1 aliphatic heterocycles. The lowest BCUT2D eigenvalue weighted by atomic mass is 9.96. The summed E-state index contributed by atoms with van der Waals surface area (Å²) in [5, 5.41) is 6.24. The second kappa shape index (κ2) is 10.4. The minimum Gasteiger partial charge on any atom is -0.340 e. The maximum atomic E-state index is 12.7. The summed E-state index contributed by atoms with van der Waals surface area (Å²) in [6, 6.07) is 4.29. The number of nitrogens with zero attached hydrogens (tertiary/aromatic N) is 2. The topological polar surface area (TPSA) is 81.8 Å². The Hall–Kier alpha value is -1.99. The number of carbonyl (C=O) groups excluding carboxylic acids is 3. The summed E-state index contributed by atoms with van der Waals surface area (Å²) >= 11 is 12.0. The van der Waals surface area contributed by atoms with Crippen LogP contribution in [0.2, 0.25) is 10.0 Å². The number of carbonyl (C=O) groups is 3. The van der Waals surface area contributed by atoms with Gasteiger partial charge in [0, 0.05) is 32.2 Å². The van der Waals surface area contributed by atoms with Crippen LogP contribution in [0.25, 0.3) is 0 Å². The highest BCUT2D eigenvalue weighted by Crippen LogP contribution is 2.25.